The Kier molecular flexibility index (Phi) is 6.42. The minimum Gasteiger partial charge on any atom is -0.497 e. The van der Waals surface area contributed by atoms with Gasteiger partial charge in [0.15, 0.2) is 4.80 Å². The van der Waals surface area contributed by atoms with E-state index in [9.17, 15) is 9.59 Å². The lowest BCUT2D eigenvalue weighted by Gasteiger charge is -2.25. The molecule has 2 heterocycles. The van der Waals surface area contributed by atoms with Crippen LogP contribution in [0.2, 0.25) is 0 Å². The number of aromatic nitrogens is 1. The Hall–Kier alpha value is -4.75. The van der Waals surface area contributed by atoms with Crippen molar-refractivity contribution in [3.05, 3.63) is 139 Å². The second kappa shape index (κ2) is 10.2. The van der Waals surface area contributed by atoms with E-state index in [-0.39, 0.29) is 11.5 Å². The molecule has 1 amide bonds. The molecule has 0 spiro atoms. The topological polar surface area (TPSA) is 72.7 Å². The summed E-state index contributed by atoms with van der Waals surface area (Å²) in [6.45, 7) is 1.82. The van der Waals surface area contributed by atoms with Crippen LogP contribution in [0.15, 0.2) is 118 Å². The number of rotatable bonds is 5. The number of hydrogen-bond acceptors (Lipinski definition) is 5. The van der Waals surface area contributed by atoms with Gasteiger partial charge in [-0.05, 0) is 59.2 Å². The highest BCUT2D eigenvalue weighted by molar-refractivity contribution is 7.07. The van der Waals surface area contributed by atoms with E-state index >= 15 is 0 Å². The van der Waals surface area contributed by atoms with Crippen LogP contribution < -0.4 is 24.9 Å². The second-order valence-electron chi connectivity index (χ2n) is 9.24. The Balaban J connectivity index is 1.53. The van der Waals surface area contributed by atoms with E-state index in [1.54, 1.807) is 11.7 Å². The molecule has 0 bridgehead atoms. The van der Waals surface area contributed by atoms with Crippen LogP contribution >= 0.6 is 11.3 Å². The van der Waals surface area contributed by atoms with Crippen LogP contribution in [0.25, 0.3) is 16.8 Å². The molecule has 1 aromatic heterocycles. The molecule has 5 aromatic rings. The van der Waals surface area contributed by atoms with Gasteiger partial charge in [0, 0.05) is 5.69 Å². The highest BCUT2D eigenvalue weighted by Crippen LogP contribution is 2.31. The molecule has 0 saturated heterocycles. The molecule has 0 radical (unpaired) electrons. The standard InChI is InChI=1S/C32H25N3O3S/c1-20-28(30(36)34-24-12-4-3-5-13-24)29(22-15-17-25(38-2)18-16-22)35-31(37)27(39-32(35)33-20)19-23-11-8-10-21-9-6-7-14-26(21)23/h3-19,29H,1-2H3,(H,34,36)/b27-19+/t29-/m1/s1. The molecule has 0 unspecified atom stereocenters. The molecular weight excluding hydrogens is 506 g/mol. The minimum atomic E-state index is -0.648. The first-order chi connectivity index (χ1) is 19.0. The number of carbonyl (C=O) groups excluding carboxylic acids is 1. The molecule has 7 heteroatoms. The van der Waals surface area contributed by atoms with Crippen molar-refractivity contribution in [2.24, 2.45) is 4.99 Å². The predicted octanol–water partition coefficient (Wildman–Crippen LogP) is 5.04. The number of carbonyl (C=O) groups is 1. The molecule has 6 rings (SSSR count). The highest BCUT2D eigenvalue weighted by atomic mass is 32.1. The largest absolute Gasteiger partial charge is 0.497 e. The molecule has 1 aliphatic rings. The Bertz CT molecular complexity index is 1910. The van der Waals surface area contributed by atoms with Crippen molar-refractivity contribution < 1.29 is 9.53 Å². The fraction of sp³-hybridized carbons (Fsp3) is 0.0938. The molecule has 1 atom stereocenters. The van der Waals surface area contributed by atoms with Crippen LogP contribution in [0.5, 0.6) is 5.75 Å². The monoisotopic (exact) mass is 531 g/mol. The Morgan fingerprint density at radius 2 is 1.67 bits per heavy atom. The number of thiazole rings is 1. The zero-order valence-electron chi connectivity index (χ0n) is 21.4. The van der Waals surface area contributed by atoms with Gasteiger partial charge in [-0.25, -0.2) is 4.99 Å². The van der Waals surface area contributed by atoms with Gasteiger partial charge in [-0.3, -0.25) is 14.2 Å². The average molecular weight is 532 g/mol. The number of methoxy groups -OCH3 is 1. The van der Waals surface area contributed by atoms with Crippen LogP contribution in [0, 0.1) is 0 Å². The number of nitrogens with zero attached hydrogens (tertiary/aromatic N) is 2. The maximum atomic E-state index is 14.0. The van der Waals surface area contributed by atoms with E-state index in [2.05, 4.69) is 23.5 Å². The molecule has 1 aliphatic heterocycles. The molecule has 0 saturated carbocycles. The number of hydrogen-bond donors (Lipinski definition) is 1. The highest BCUT2D eigenvalue weighted by Gasteiger charge is 2.32. The van der Waals surface area contributed by atoms with Gasteiger partial charge < -0.3 is 10.1 Å². The lowest BCUT2D eigenvalue weighted by molar-refractivity contribution is -0.113. The SMILES string of the molecule is COc1ccc([C@@H]2C(C(=O)Nc3ccccc3)=C(C)N=c3s/c(=C/c4cccc5ccccc45)c(=O)n32)cc1. The third kappa shape index (κ3) is 4.57. The molecular formula is C32H25N3O3S. The van der Waals surface area contributed by atoms with Crippen LogP contribution in [0.3, 0.4) is 0 Å². The van der Waals surface area contributed by atoms with Gasteiger partial charge in [0.1, 0.15) is 5.75 Å². The summed E-state index contributed by atoms with van der Waals surface area (Å²) in [7, 11) is 1.61. The van der Waals surface area contributed by atoms with E-state index < -0.39 is 6.04 Å². The van der Waals surface area contributed by atoms with Crippen molar-refractivity contribution in [1.82, 2.24) is 4.57 Å². The Morgan fingerprint density at radius 1 is 0.949 bits per heavy atom. The number of amides is 1. The van der Waals surface area contributed by atoms with Crippen molar-refractivity contribution in [3.63, 3.8) is 0 Å². The quantitative estimate of drug-likeness (QED) is 0.346. The fourth-order valence-corrected chi connectivity index (χ4v) is 5.99. The van der Waals surface area contributed by atoms with Gasteiger partial charge in [0.2, 0.25) is 0 Å². The molecule has 0 fully saturated rings. The maximum Gasteiger partial charge on any atom is 0.271 e. The molecule has 6 nitrogen and oxygen atoms in total. The number of anilines is 1. The van der Waals surface area contributed by atoms with Gasteiger partial charge in [-0.15, -0.1) is 0 Å². The van der Waals surface area contributed by atoms with Gasteiger partial charge in [0.05, 0.1) is 29.0 Å². The van der Waals surface area contributed by atoms with Crippen molar-refractivity contribution in [2.45, 2.75) is 13.0 Å². The lowest BCUT2D eigenvalue weighted by Crippen LogP contribution is -2.40. The number of nitrogens with one attached hydrogen (secondary N) is 1. The van der Waals surface area contributed by atoms with Crippen LogP contribution in [-0.4, -0.2) is 17.6 Å². The molecule has 39 heavy (non-hydrogen) atoms. The first-order valence-corrected chi connectivity index (χ1v) is 13.4. The van der Waals surface area contributed by atoms with E-state index in [0.29, 0.717) is 32.0 Å². The number of ether oxygens (including phenoxy) is 1. The summed E-state index contributed by atoms with van der Waals surface area (Å²) in [5.74, 6) is 0.393. The van der Waals surface area contributed by atoms with E-state index in [1.807, 2.05) is 91.9 Å². The van der Waals surface area contributed by atoms with Crippen molar-refractivity contribution in [3.8, 4) is 5.75 Å². The summed E-state index contributed by atoms with van der Waals surface area (Å²) >= 11 is 1.33. The first kappa shape index (κ1) is 24.6. The average Bonchev–Trinajstić information content (AvgIpc) is 3.27. The number of fused-ring (bicyclic) bond motifs is 2. The summed E-state index contributed by atoms with van der Waals surface area (Å²) in [5, 5.41) is 5.15. The van der Waals surface area contributed by atoms with Crippen LogP contribution in [0.1, 0.15) is 24.1 Å². The first-order valence-electron chi connectivity index (χ1n) is 12.5. The van der Waals surface area contributed by atoms with E-state index in [1.165, 1.54) is 11.3 Å². The van der Waals surface area contributed by atoms with Crippen molar-refractivity contribution >= 4 is 39.8 Å². The predicted molar refractivity (Wildman–Crippen MR) is 156 cm³/mol. The summed E-state index contributed by atoms with van der Waals surface area (Å²) in [6.07, 6.45) is 1.92. The summed E-state index contributed by atoms with van der Waals surface area (Å²) in [6, 6.07) is 30.2. The van der Waals surface area contributed by atoms with Gasteiger partial charge >= 0.3 is 0 Å². The summed E-state index contributed by atoms with van der Waals surface area (Å²) in [5.41, 5.74) is 3.23. The van der Waals surface area contributed by atoms with Crippen molar-refractivity contribution in [2.75, 3.05) is 12.4 Å². The third-order valence-electron chi connectivity index (χ3n) is 6.84. The van der Waals surface area contributed by atoms with Gasteiger partial charge in [-0.1, -0.05) is 84.1 Å². The van der Waals surface area contributed by atoms with Gasteiger partial charge in [0.25, 0.3) is 11.5 Å². The fourth-order valence-electron chi connectivity index (χ4n) is 4.95. The normalized spacial score (nSPS) is 15.1. The van der Waals surface area contributed by atoms with Crippen LogP contribution in [0.4, 0.5) is 5.69 Å². The summed E-state index contributed by atoms with van der Waals surface area (Å²) in [4.78, 5) is 33.0. The Labute approximate surface area is 228 Å². The van der Waals surface area contributed by atoms with E-state index in [4.69, 9.17) is 9.73 Å². The maximum absolute atomic E-state index is 14.0. The molecule has 192 valence electrons. The molecule has 0 aliphatic carbocycles. The van der Waals surface area contributed by atoms with Crippen LogP contribution in [-0.2, 0) is 4.79 Å². The zero-order valence-corrected chi connectivity index (χ0v) is 22.2. The minimum absolute atomic E-state index is 0.190. The Morgan fingerprint density at radius 3 is 2.44 bits per heavy atom. The summed E-state index contributed by atoms with van der Waals surface area (Å²) < 4.78 is 7.54. The zero-order chi connectivity index (χ0) is 26.9. The number of benzene rings is 4. The molecule has 4 aromatic carbocycles. The molecule has 1 N–H and O–H groups in total. The van der Waals surface area contributed by atoms with Crippen molar-refractivity contribution in [1.29, 1.82) is 0 Å². The smallest absolute Gasteiger partial charge is 0.271 e. The second-order valence-corrected chi connectivity index (χ2v) is 10.3. The van der Waals surface area contributed by atoms with E-state index in [0.717, 1.165) is 21.9 Å². The third-order valence-corrected chi connectivity index (χ3v) is 7.82. The lowest BCUT2D eigenvalue weighted by atomic mass is 9.95. The number of para-hydroxylation sites is 1. The number of allylic oxidation sites excluding steroid dienone is 1. The van der Waals surface area contributed by atoms with Gasteiger partial charge in [-0.2, -0.15) is 0 Å².